The van der Waals surface area contributed by atoms with Crippen molar-refractivity contribution in [2.24, 2.45) is 11.5 Å². The number of amides is 2. The molecule has 0 aromatic heterocycles. The molecule has 130 valence electrons. The molecule has 0 fully saturated rings. The Morgan fingerprint density at radius 3 is 2.18 bits per heavy atom. The quantitative estimate of drug-likeness (QED) is 0.367. The van der Waals surface area contributed by atoms with Gasteiger partial charge in [-0.05, 0) is 0 Å². The highest BCUT2D eigenvalue weighted by Crippen LogP contribution is 2.38. The minimum atomic E-state index is -4.59. The molecule has 0 rings (SSSR count). The Labute approximate surface area is 128 Å². The summed E-state index contributed by atoms with van der Waals surface area (Å²) in [4.78, 5) is 32.6. The number of likely N-dealkylation sites (N-methyl/N-ethyl adjacent to an activating group) is 1. The van der Waals surface area contributed by atoms with Gasteiger partial charge in [-0.15, -0.1) is 0 Å². The molecule has 1 unspecified atom stereocenters. The molecule has 0 aromatic rings. The van der Waals surface area contributed by atoms with Gasteiger partial charge in [0.15, 0.2) is 6.10 Å². The summed E-state index contributed by atoms with van der Waals surface area (Å²) < 4.78 is 30.1. The molecule has 0 aliphatic heterocycles. The SMILES string of the molecule is C[N+](C)(C)CCOP(=O)([O-])OC[C@@H](COC(N)=O)OC(N)=O. The van der Waals surface area contributed by atoms with Crippen LogP contribution in [-0.2, 0) is 23.1 Å². The fourth-order valence-corrected chi connectivity index (χ4v) is 1.82. The van der Waals surface area contributed by atoms with Crippen LogP contribution in [0, 0.1) is 0 Å². The van der Waals surface area contributed by atoms with Gasteiger partial charge in [0, 0.05) is 0 Å². The van der Waals surface area contributed by atoms with Gasteiger partial charge < -0.3 is 39.4 Å². The predicted octanol–water partition coefficient (Wildman–Crippen LogP) is -1.25. The van der Waals surface area contributed by atoms with Crippen LogP contribution in [0.15, 0.2) is 0 Å². The maximum atomic E-state index is 11.5. The Hall–Kier alpha value is -1.39. The topological polar surface area (TPSA) is 163 Å². The molecule has 11 nitrogen and oxygen atoms in total. The summed E-state index contributed by atoms with van der Waals surface area (Å²) in [6.45, 7) is -0.774. The summed E-state index contributed by atoms with van der Waals surface area (Å²) in [5, 5.41) is 0. The third-order valence-corrected chi connectivity index (χ3v) is 3.09. The van der Waals surface area contributed by atoms with Gasteiger partial charge in [0.05, 0.1) is 27.7 Å². The fraction of sp³-hybridized carbons (Fsp3) is 0.800. The average molecular weight is 343 g/mol. The first-order valence-corrected chi connectivity index (χ1v) is 7.66. The largest absolute Gasteiger partial charge is 0.756 e. The van der Waals surface area contributed by atoms with Crippen molar-refractivity contribution in [1.82, 2.24) is 0 Å². The van der Waals surface area contributed by atoms with Gasteiger partial charge in [-0.1, -0.05) is 0 Å². The van der Waals surface area contributed by atoms with E-state index in [4.69, 9.17) is 11.5 Å². The smallest absolute Gasteiger partial charge is 0.404 e. The summed E-state index contributed by atoms with van der Waals surface area (Å²) in [5.74, 6) is 0. The molecule has 0 heterocycles. The van der Waals surface area contributed by atoms with Crippen LogP contribution in [0.5, 0.6) is 0 Å². The Balaban J connectivity index is 4.32. The number of nitrogens with two attached hydrogens (primary N) is 2. The van der Waals surface area contributed by atoms with Gasteiger partial charge in [-0.2, -0.15) is 0 Å². The van der Waals surface area contributed by atoms with Crippen molar-refractivity contribution in [3.05, 3.63) is 0 Å². The summed E-state index contributed by atoms with van der Waals surface area (Å²) in [7, 11) is 0.990. The molecule has 0 saturated heterocycles. The third kappa shape index (κ3) is 12.4. The van der Waals surface area contributed by atoms with Gasteiger partial charge in [-0.25, -0.2) is 9.59 Å². The number of quaternary nitrogens is 1. The molecule has 22 heavy (non-hydrogen) atoms. The number of primary amides is 2. The molecule has 0 aliphatic carbocycles. The Kier molecular flexibility index (Phi) is 8.35. The number of carbonyl (C=O) groups is 2. The fourth-order valence-electron chi connectivity index (χ4n) is 1.09. The molecular formula is C10H22N3O8P. The maximum Gasteiger partial charge on any atom is 0.404 e. The second-order valence-corrected chi connectivity index (χ2v) is 6.69. The highest BCUT2D eigenvalue weighted by Gasteiger charge is 2.20. The van der Waals surface area contributed by atoms with Crippen molar-refractivity contribution in [2.75, 3.05) is 47.5 Å². The second kappa shape index (κ2) is 8.91. The van der Waals surface area contributed by atoms with E-state index in [1.807, 2.05) is 21.1 Å². The van der Waals surface area contributed by atoms with Crippen LogP contribution in [0.4, 0.5) is 9.59 Å². The predicted molar refractivity (Wildman–Crippen MR) is 72.4 cm³/mol. The normalized spacial score (nSPS) is 15.6. The van der Waals surface area contributed by atoms with Crippen molar-refractivity contribution in [3.63, 3.8) is 0 Å². The molecule has 0 aromatic carbocycles. The number of ether oxygens (including phenoxy) is 2. The van der Waals surface area contributed by atoms with E-state index in [1.54, 1.807) is 0 Å². The van der Waals surface area contributed by atoms with Gasteiger partial charge >= 0.3 is 12.2 Å². The highest BCUT2D eigenvalue weighted by molar-refractivity contribution is 7.45. The average Bonchev–Trinajstić information content (AvgIpc) is 2.30. The summed E-state index contributed by atoms with van der Waals surface area (Å²) in [5.41, 5.74) is 9.54. The standard InChI is InChI=1S/C10H22N3O8P/c1-13(2,3)4-5-19-22(16,17)20-7-8(21-10(12)15)6-18-9(11)14/h8H,4-7H2,1-3H3,(H4-,11,12,14,15,16,17)/t8-/m1/s1. The zero-order chi connectivity index (χ0) is 17.4. The Morgan fingerprint density at radius 1 is 1.14 bits per heavy atom. The minimum absolute atomic E-state index is 0.0800. The van der Waals surface area contributed by atoms with Crippen LogP contribution in [0.25, 0.3) is 0 Å². The van der Waals surface area contributed by atoms with Crippen LogP contribution in [0.3, 0.4) is 0 Å². The van der Waals surface area contributed by atoms with Gasteiger partial charge in [-0.3, -0.25) is 4.57 Å². The van der Waals surface area contributed by atoms with E-state index in [2.05, 4.69) is 18.5 Å². The summed E-state index contributed by atoms with van der Waals surface area (Å²) in [6.07, 6.45) is -3.54. The van der Waals surface area contributed by atoms with E-state index in [0.29, 0.717) is 11.0 Å². The van der Waals surface area contributed by atoms with Crippen molar-refractivity contribution < 1.29 is 42.1 Å². The molecule has 0 saturated carbocycles. The third-order valence-electron chi connectivity index (χ3n) is 2.12. The molecule has 0 aliphatic rings. The van der Waals surface area contributed by atoms with Crippen LogP contribution in [0.2, 0.25) is 0 Å². The number of hydrogen-bond donors (Lipinski definition) is 2. The van der Waals surface area contributed by atoms with E-state index >= 15 is 0 Å². The molecule has 2 atom stereocenters. The molecule has 2 amide bonds. The first-order chi connectivity index (χ1) is 9.91. The lowest BCUT2D eigenvalue weighted by molar-refractivity contribution is -0.870. The lowest BCUT2D eigenvalue weighted by Crippen LogP contribution is -2.37. The first kappa shape index (κ1) is 20.6. The van der Waals surface area contributed by atoms with Crippen LogP contribution < -0.4 is 16.4 Å². The van der Waals surface area contributed by atoms with E-state index < -0.39 is 39.3 Å². The zero-order valence-corrected chi connectivity index (χ0v) is 13.6. The maximum absolute atomic E-state index is 11.5. The minimum Gasteiger partial charge on any atom is -0.756 e. The molecule has 0 bridgehead atoms. The molecule has 0 radical (unpaired) electrons. The van der Waals surface area contributed by atoms with E-state index in [0.717, 1.165) is 0 Å². The number of phosphoric acid groups is 1. The van der Waals surface area contributed by atoms with Crippen LogP contribution in [0.1, 0.15) is 0 Å². The molecule has 0 spiro atoms. The van der Waals surface area contributed by atoms with Crippen molar-refractivity contribution in [1.29, 1.82) is 0 Å². The number of nitrogens with zero attached hydrogens (tertiary/aromatic N) is 1. The second-order valence-electron chi connectivity index (χ2n) is 5.28. The van der Waals surface area contributed by atoms with E-state index in [9.17, 15) is 19.0 Å². The van der Waals surface area contributed by atoms with Crippen molar-refractivity contribution in [2.45, 2.75) is 6.10 Å². The van der Waals surface area contributed by atoms with Crippen molar-refractivity contribution in [3.8, 4) is 0 Å². The van der Waals surface area contributed by atoms with Gasteiger partial charge in [0.25, 0.3) is 7.82 Å². The summed E-state index contributed by atoms with van der Waals surface area (Å²) in [6, 6.07) is 0. The molecule has 4 N–H and O–H groups in total. The van der Waals surface area contributed by atoms with Crippen LogP contribution in [-0.4, -0.2) is 70.3 Å². The zero-order valence-electron chi connectivity index (χ0n) is 12.7. The number of hydrogen-bond acceptors (Lipinski definition) is 8. The lowest BCUT2D eigenvalue weighted by atomic mass is 10.4. The lowest BCUT2D eigenvalue weighted by Gasteiger charge is -2.28. The Bertz CT molecular complexity index is 425. The van der Waals surface area contributed by atoms with Gasteiger partial charge in [0.2, 0.25) is 0 Å². The number of phosphoric ester groups is 1. The van der Waals surface area contributed by atoms with Gasteiger partial charge in [0.1, 0.15) is 19.8 Å². The van der Waals surface area contributed by atoms with E-state index in [-0.39, 0.29) is 6.61 Å². The molecule has 12 heteroatoms. The van der Waals surface area contributed by atoms with E-state index in [1.165, 1.54) is 0 Å². The number of carbonyl (C=O) groups excluding carboxylic acids is 2. The molecular weight excluding hydrogens is 321 g/mol. The van der Waals surface area contributed by atoms with Crippen LogP contribution >= 0.6 is 7.82 Å². The first-order valence-electron chi connectivity index (χ1n) is 6.20. The number of rotatable bonds is 10. The van der Waals surface area contributed by atoms with Crippen molar-refractivity contribution >= 4 is 20.0 Å². The highest BCUT2D eigenvalue weighted by atomic mass is 31.2. The Morgan fingerprint density at radius 2 is 1.73 bits per heavy atom. The summed E-state index contributed by atoms with van der Waals surface area (Å²) >= 11 is 0. The monoisotopic (exact) mass is 343 g/mol.